The van der Waals surface area contributed by atoms with Gasteiger partial charge in [0.15, 0.2) is 0 Å². The Morgan fingerprint density at radius 2 is 1.71 bits per heavy atom. The lowest BCUT2D eigenvalue weighted by Gasteiger charge is -2.33. The number of rotatable bonds is 1. The molecule has 0 N–H and O–H groups in total. The second-order valence-electron chi connectivity index (χ2n) is 4.18. The molecule has 0 aliphatic carbocycles. The number of halogens is 4. The van der Waals surface area contributed by atoms with Crippen LogP contribution in [0.3, 0.4) is 0 Å². The fraction of sp³-hybridized carbons (Fsp3) is 0.500. The summed E-state index contributed by atoms with van der Waals surface area (Å²) in [6.45, 7) is 1.34. The first kappa shape index (κ1) is 12.7. The van der Waals surface area contributed by atoms with Crippen molar-refractivity contribution in [2.24, 2.45) is 0 Å². The molecule has 2 rings (SSSR count). The van der Waals surface area contributed by atoms with Crippen LogP contribution in [0.25, 0.3) is 0 Å². The predicted molar refractivity (Wildman–Crippen MR) is 65.6 cm³/mol. The van der Waals surface area contributed by atoms with E-state index in [1.807, 2.05) is 4.90 Å². The third kappa shape index (κ3) is 2.94. The summed E-state index contributed by atoms with van der Waals surface area (Å²) in [4.78, 5) is 2.25. The monoisotopic (exact) mass is 307 g/mol. The van der Waals surface area contributed by atoms with Crippen molar-refractivity contribution in [2.75, 3.05) is 18.0 Å². The zero-order valence-corrected chi connectivity index (χ0v) is 10.8. The molecule has 0 aromatic heterocycles. The Morgan fingerprint density at radius 1 is 1.12 bits per heavy atom. The summed E-state index contributed by atoms with van der Waals surface area (Å²) in [6.07, 6.45) is -2.51. The Morgan fingerprint density at radius 3 is 2.29 bits per heavy atom. The van der Waals surface area contributed by atoms with Crippen LogP contribution in [-0.2, 0) is 6.18 Å². The van der Waals surface area contributed by atoms with Crippen molar-refractivity contribution in [2.45, 2.75) is 23.8 Å². The van der Waals surface area contributed by atoms with E-state index in [2.05, 4.69) is 15.9 Å². The highest BCUT2D eigenvalue weighted by molar-refractivity contribution is 9.09. The van der Waals surface area contributed by atoms with E-state index in [1.54, 1.807) is 12.1 Å². The Labute approximate surface area is 107 Å². The molecular formula is C12H13BrF3N. The molecule has 1 aliphatic rings. The summed E-state index contributed by atoms with van der Waals surface area (Å²) >= 11 is 3.50. The molecule has 1 heterocycles. The van der Waals surface area contributed by atoms with Crippen molar-refractivity contribution in [3.05, 3.63) is 29.8 Å². The molecule has 0 amide bonds. The van der Waals surface area contributed by atoms with Gasteiger partial charge in [0.05, 0.1) is 5.56 Å². The SMILES string of the molecule is FC(F)(F)c1ccccc1N1CCC(Br)CC1. The maximum atomic E-state index is 12.8. The van der Waals surface area contributed by atoms with Gasteiger partial charge in [-0.1, -0.05) is 28.1 Å². The summed E-state index contributed by atoms with van der Waals surface area (Å²) < 4.78 is 38.5. The van der Waals surface area contributed by atoms with Crippen molar-refractivity contribution >= 4 is 21.6 Å². The molecule has 1 aromatic rings. The van der Waals surface area contributed by atoms with Gasteiger partial charge in [0.1, 0.15) is 0 Å². The lowest BCUT2D eigenvalue weighted by molar-refractivity contribution is -0.137. The highest BCUT2D eigenvalue weighted by atomic mass is 79.9. The van der Waals surface area contributed by atoms with Crippen LogP contribution in [0, 0.1) is 0 Å². The Kier molecular flexibility index (Phi) is 3.66. The van der Waals surface area contributed by atoms with Crippen molar-refractivity contribution < 1.29 is 13.2 Å². The maximum absolute atomic E-state index is 12.8. The standard InChI is InChI=1S/C12H13BrF3N/c13-9-5-7-17(8-6-9)11-4-2-1-3-10(11)12(14,15)16/h1-4,9H,5-8H2. The van der Waals surface area contributed by atoms with Gasteiger partial charge in [-0.25, -0.2) is 0 Å². The first-order valence-electron chi connectivity index (χ1n) is 5.54. The van der Waals surface area contributed by atoms with Crippen LogP contribution in [0.1, 0.15) is 18.4 Å². The van der Waals surface area contributed by atoms with Crippen molar-refractivity contribution in [1.82, 2.24) is 0 Å². The highest BCUT2D eigenvalue weighted by Gasteiger charge is 2.35. The van der Waals surface area contributed by atoms with E-state index < -0.39 is 11.7 Å². The third-order valence-corrected chi connectivity index (χ3v) is 3.89. The van der Waals surface area contributed by atoms with E-state index in [-0.39, 0.29) is 0 Å². The third-order valence-electron chi connectivity index (χ3n) is 2.97. The zero-order valence-electron chi connectivity index (χ0n) is 9.17. The molecule has 17 heavy (non-hydrogen) atoms. The highest BCUT2D eigenvalue weighted by Crippen LogP contribution is 2.37. The Hall–Kier alpha value is -0.710. The molecular weight excluding hydrogens is 295 g/mol. The van der Waals surface area contributed by atoms with E-state index in [4.69, 9.17) is 0 Å². The van der Waals surface area contributed by atoms with Gasteiger partial charge in [0, 0.05) is 23.6 Å². The van der Waals surface area contributed by atoms with Gasteiger partial charge in [-0.15, -0.1) is 0 Å². The van der Waals surface area contributed by atoms with Gasteiger partial charge in [-0.3, -0.25) is 0 Å². The maximum Gasteiger partial charge on any atom is 0.418 e. The number of anilines is 1. The normalized spacial score (nSPS) is 18.5. The van der Waals surface area contributed by atoms with Crippen LogP contribution in [0.2, 0.25) is 0 Å². The van der Waals surface area contributed by atoms with Gasteiger partial charge in [0.25, 0.3) is 0 Å². The predicted octanol–water partition coefficient (Wildman–Crippen LogP) is 4.07. The van der Waals surface area contributed by atoms with E-state index in [1.165, 1.54) is 6.07 Å². The molecule has 1 fully saturated rings. The summed E-state index contributed by atoms with van der Waals surface area (Å²) in [5.74, 6) is 0. The molecule has 5 heteroatoms. The van der Waals surface area contributed by atoms with Gasteiger partial charge in [-0.2, -0.15) is 13.2 Å². The van der Waals surface area contributed by atoms with Crippen molar-refractivity contribution in [3.8, 4) is 0 Å². The summed E-state index contributed by atoms with van der Waals surface area (Å²) in [5.41, 5.74) is -0.229. The van der Waals surface area contributed by atoms with Crippen LogP contribution in [-0.4, -0.2) is 17.9 Å². The van der Waals surface area contributed by atoms with Crippen LogP contribution in [0.4, 0.5) is 18.9 Å². The average Bonchev–Trinajstić information content (AvgIpc) is 2.29. The first-order valence-corrected chi connectivity index (χ1v) is 6.45. The van der Waals surface area contributed by atoms with E-state index >= 15 is 0 Å². The Balaban J connectivity index is 2.26. The van der Waals surface area contributed by atoms with E-state index in [9.17, 15) is 13.2 Å². The zero-order chi connectivity index (χ0) is 12.5. The molecule has 0 atom stereocenters. The quantitative estimate of drug-likeness (QED) is 0.707. The first-order chi connectivity index (χ1) is 7.98. The van der Waals surface area contributed by atoms with Crippen LogP contribution in [0.15, 0.2) is 24.3 Å². The minimum absolute atomic E-state index is 0.305. The van der Waals surface area contributed by atoms with Crippen LogP contribution in [0.5, 0.6) is 0 Å². The number of hydrogen-bond acceptors (Lipinski definition) is 1. The molecule has 1 saturated heterocycles. The summed E-state index contributed by atoms with van der Waals surface area (Å²) in [7, 11) is 0. The lowest BCUT2D eigenvalue weighted by Crippen LogP contribution is -2.35. The fourth-order valence-corrected chi connectivity index (χ4v) is 2.49. The smallest absolute Gasteiger partial charge is 0.371 e. The second-order valence-corrected chi connectivity index (χ2v) is 5.47. The molecule has 0 bridgehead atoms. The van der Waals surface area contributed by atoms with Gasteiger partial charge < -0.3 is 4.90 Å². The molecule has 1 aliphatic heterocycles. The number of nitrogens with zero attached hydrogens (tertiary/aromatic N) is 1. The van der Waals surface area contributed by atoms with Gasteiger partial charge >= 0.3 is 6.18 Å². The number of alkyl halides is 4. The minimum Gasteiger partial charge on any atom is -0.371 e. The van der Waals surface area contributed by atoms with Gasteiger partial charge in [-0.05, 0) is 25.0 Å². The molecule has 0 saturated carbocycles. The van der Waals surface area contributed by atoms with E-state index in [0.29, 0.717) is 23.6 Å². The molecule has 0 spiro atoms. The molecule has 94 valence electrons. The second kappa shape index (κ2) is 4.88. The van der Waals surface area contributed by atoms with Gasteiger partial charge in [0.2, 0.25) is 0 Å². The number of para-hydroxylation sites is 1. The van der Waals surface area contributed by atoms with Crippen LogP contribution >= 0.6 is 15.9 Å². The van der Waals surface area contributed by atoms with E-state index in [0.717, 1.165) is 18.9 Å². The average molecular weight is 308 g/mol. The number of benzene rings is 1. The summed E-state index contributed by atoms with van der Waals surface area (Å²) in [5, 5.41) is 0. The van der Waals surface area contributed by atoms with Crippen LogP contribution < -0.4 is 4.90 Å². The van der Waals surface area contributed by atoms with Crippen molar-refractivity contribution in [1.29, 1.82) is 0 Å². The summed E-state index contributed by atoms with van der Waals surface area (Å²) in [6, 6.07) is 5.79. The number of hydrogen-bond donors (Lipinski definition) is 0. The van der Waals surface area contributed by atoms with Crippen molar-refractivity contribution in [3.63, 3.8) is 0 Å². The molecule has 1 aromatic carbocycles. The largest absolute Gasteiger partial charge is 0.418 e. The molecule has 0 radical (unpaired) electrons. The molecule has 0 unspecified atom stereocenters. The topological polar surface area (TPSA) is 3.24 Å². The lowest BCUT2D eigenvalue weighted by atomic mass is 10.1. The number of piperidine rings is 1. The Bertz CT molecular complexity index is 384. The fourth-order valence-electron chi connectivity index (χ4n) is 2.08. The molecule has 1 nitrogen and oxygen atoms in total. The minimum atomic E-state index is -4.28.